The van der Waals surface area contributed by atoms with Crippen LogP contribution in [0.1, 0.15) is 19.3 Å². The SMILES string of the molecule is Nc1cc(S(=O)(=O)NC2C3C4CCC(C4)C23)c(F)cc1F. The zero-order chi connectivity index (χ0) is 14.9. The largest absolute Gasteiger partial charge is 0.396 e. The van der Waals surface area contributed by atoms with Gasteiger partial charge in [0.25, 0.3) is 0 Å². The number of nitrogen functional groups attached to an aromatic ring is 1. The van der Waals surface area contributed by atoms with Gasteiger partial charge in [0.15, 0.2) is 0 Å². The van der Waals surface area contributed by atoms with Crippen LogP contribution < -0.4 is 10.5 Å². The van der Waals surface area contributed by atoms with Gasteiger partial charge in [-0.3, -0.25) is 0 Å². The predicted octanol–water partition coefficient (Wildman–Crippen LogP) is 1.87. The maximum atomic E-state index is 13.7. The van der Waals surface area contributed by atoms with E-state index in [1.807, 2.05) is 0 Å². The first-order valence-electron chi connectivity index (χ1n) is 7.15. The van der Waals surface area contributed by atoms with E-state index in [2.05, 4.69) is 4.72 Å². The van der Waals surface area contributed by atoms with Crippen LogP contribution in [0.3, 0.4) is 0 Å². The molecule has 0 spiro atoms. The first kappa shape index (κ1) is 13.5. The molecule has 3 saturated carbocycles. The van der Waals surface area contributed by atoms with Crippen molar-refractivity contribution < 1.29 is 17.2 Å². The second-order valence-corrected chi connectivity index (χ2v) is 8.12. The van der Waals surface area contributed by atoms with Crippen molar-refractivity contribution in [3.63, 3.8) is 0 Å². The first-order valence-corrected chi connectivity index (χ1v) is 8.63. The fraction of sp³-hybridized carbons (Fsp3) is 0.571. The second-order valence-electron chi connectivity index (χ2n) is 6.44. The van der Waals surface area contributed by atoms with E-state index in [0.717, 1.165) is 6.07 Å². The molecule has 0 aliphatic heterocycles. The van der Waals surface area contributed by atoms with Gasteiger partial charge in [0, 0.05) is 12.1 Å². The minimum atomic E-state index is -4.00. The van der Waals surface area contributed by atoms with E-state index in [-0.39, 0.29) is 11.7 Å². The third-order valence-electron chi connectivity index (χ3n) is 5.37. The molecule has 3 fully saturated rings. The van der Waals surface area contributed by atoms with Gasteiger partial charge >= 0.3 is 0 Å². The Morgan fingerprint density at radius 2 is 1.71 bits per heavy atom. The van der Waals surface area contributed by atoms with Crippen molar-refractivity contribution in [2.75, 3.05) is 5.73 Å². The fourth-order valence-corrected chi connectivity index (χ4v) is 5.87. The van der Waals surface area contributed by atoms with Crippen molar-refractivity contribution in [2.45, 2.75) is 30.2 Å². The Balaban J connectivity index is 1.59. The molecule has 0 saturated heterocycles. The summed E-state index contributed by atoms with van der Waals surface area (Å²) in [6, 6.07) is 1.27. The smallest absolute Gasteiger partial charge is 0.243 e. The maximum absolute atomic E-state index is 13.7. The number of hydrogen-bond donors (Lipinski definition) is 2. The minimum Gasteiger partial charge on any atom is -0.396 e. The van der Waals surface area contributed by atoms with Gasteiger partial charge in [-0.25, -0.2) is 21.9 Å². The normalized spacial score (nSPS) is 36.8. The zero-order valence-corrected chi connectivity index (χ0v) is 12.0. The van der Waals surface area contributed by atoms with E-state index < -0.39 is 26.6 Å². The summed E-state index contributed by atoms with van der Waals surface area (Å²) in [4.78, 5) is -0.571. The Labute approximate surface area is 121 Å². The summed E-state index contributed by atoms with van der Waals surface area (Å²) in [7, 11) is -4.00. The summed E-state index contributed by atoms with van der Waals surface area (Å²) in [6.45, 7) is 0. The van der Waals surface area contributed by atoms with Crippen LogP contribution >= 0.6 is 0 Å². The second kappa shape index (κ2) is 4.16. The quantitative estimate of drug-likeness (QED) is 0.837. The Morgan fingerprint density at radius 3 is 2.33 bits per heavy atom. The van der Waals surface area contributed by atoms with Gasteiger partial charge in [-0.15, -0.1) is 0 Å². The van der Waals surface area contributed by atoms with E-state index in [4.69, 9.17) is 5.73 Å². The number of nitrogens with one attached hydrogen (secondary N) is 1. The van der Waals surface area contributed by atoms with Gasteiger partial charge in [0.05, 0.1) is 5.69 Å². The molecule has 21 heavy (non-hydrogen) atoms. The Kier molecular flexibility index (Phi) is 2.67. The average Bonchev–Trinajstić information content (AvgIpc) is 2.82. The number of rotatable bonds is 3. The molecule has 2 bridgehead atoms. The molecule has 4 nitrogen and oxygen atoms in total. The molecule has 0 aromatic heterocycles. The molecule has 114 valence electrons. The van der Waals surface area contributed by atoms with Crippen molar-refractivity contribution in [1.29, 1.82) is 0 Å². The maximum Gasteiger partial charge on any atom is 0.243 e. The van der Waals surface area contributed by atoms with E-state index in [1.165, 1.54) is 19.3 Å². The Hall–Kier alpha value is -1.21. The lowest BCUT2D eigenvalue weighted by atomic mass is 10.0. The van der Waals surface area contributed by atoms with Crippen molar-refractivity contribution in [3.05, 3.63) is 23.8 Å². The molecule has 7 heteroatoms. The lowest BCUT2D eigenvalue weighted by molar-refractivity contribution is 0.456. The van der Waals surface area contributed by atoms with Crippen LogP contribution in [-0.4, -0.2) is 14.5 Å². The average molecular weight is 314 g/mol. The van der Waals surface area contributed by atoms with E-state index in [9.17, 15) is 17.2 Å². The van der Waals surface area contributed by atoms with Crippen LogP contribution in [0.25, 0.3) is 0 Å². The summed E-state index contributed by atoms with van der Waals surface area (Å²) >= 11 is 0. The molecular weight excluding hydrogens is 298 g/mol. The Bertz CT molecular complexity index is 706. The molecule has 0 amide bonds. The van der Waals surface area contributed by atoms with Gasteiger partial charge in [0.2, 0.25) is 10.0 Å². The summed E-state index contributed by atoms with van der Waals surface area (Å²) in [5.41, 5.74) is 4.98. The van der Waals surface area contributed by atoms with E-state index in [1.54, 1.807) is 0 Å². The molecule has 3 aliphatic carbocycles. The molecule has 1 aromatic rings. The lowest BCUT2D eigenvalue weighted by Crippen LogP contribution is -2.30. The van der Waals surface area contributed by atoms with Gasteiger partial charge in [-0.05, 0) is 49.0 Å². The van der Waals surface area contributed by atoms with Crippen LogP contribution in [0.2, 0.25) is 0 Å². The lowest BCUT2D eigenvalue weighted by Gasteiger charge is -2.12. The topological polar surface area (TPSA) is 72.2 Å². The van der Waals surface area contributed by atoms with Crippen LogP contribution in [-0.2, 0) is 10.0 Å². The molecule has 4 unspecified atom stereocenters. The molecular formula is C14H16F2N2O2S. The highest BCUT2D eigenvalue weighted by atomic mass is 32.2. The monoisotopic (exact) mass is 314 g/mol. The summed E-state index contributed by atoms with van der Waals surface area (Å²) in [5.74, 6) is -0.0406. The molecule has 4 atom stereocenters. The van der Waals surface area contributed by atoms with Crippen LogP contribution in [0.5, 0.6) is 0 Å². The number of sulfonamides is 1. The fourth-order valence-electron chi connectivity index (χ4n) is 4.48. The number of benzene rings is 1. The number of halogens is 2. The highest BCUT2D eigenvalue weighted by Crippen LogP contribution is 2.65. The van der Waals surface area contributed by atoms with Gasteiger partial charge in [-0.1, -0.05) is 0 Å². The zero-order valence-electron chi connectivity index (χ0n) is 11.2. The van der Waals surface area contributed by atoms with Crippen LogP contribution in [0.15, 0.2) is 17.0 Å². The van der Waals surface area contributed by atoms with E-state index in [0.29, 0.717) is 29.7 Å². The molecule has 3 N–H and O–H groups in total. The molecule has 4 rings (SSSR count). The van der Waals surface area contributed by atoms with E-state index >= 15 is 0 Å². The third-order valence-corrected chi connectivity index (χ3v) is 6.84. The van der Waals surface area contributed by atoms with Crippen molar-refractivity contribution in [2.24, 2.45) is 23.7 Å². The van der Waals surface area contributed by atoms with Crippen LogP contribution in [0, 0.1) is 35.3 Å². The first-order chi connectivity index (χ1) is 9.88. The predicted molar refractivity (Wildman–Crippen MR) is 72.7 cm³/mol. The minimum absolute atomic E-state index is 0.0908. The van der Waals surface area contributed by atoms with Gasteiger partial charge in [-0.2, -0.15) is 0 Å². The van der Waals surface area contributed by atoms with Crippen molar-refractivity contribution in [3.8, 4) is 0 Å². The standard InChI is InChI=1S/C14H16F2N2O2S/c15-8-4-9(16)11(5-10(8)17)21(19,20)18-14-12-6-1-2-7(3-6)13(12)14/h4-7,12-14,18H,1-3,17H2. The highest BCUT2D eigenvalue weighted by Gasteiger charge is 2.65. The molecule has 0 radical (unpaired) electrons. The number of nitrogens with two attached hydrogens (primary N) is 1. The van der Waals surface area contributed by atoms with Crippen molar-refractivity contribution in [1.82, 2.24) is 4.72 Å². The summed E-state index contributed by atoms with van der Waals surface area (Å²) < 4.78 is 54.1. The van der Waals surface area contributed by atoms with Gasteiger partial charge in [0.1, 0.15) is 16.5 Å². The Morgan fingerprint density at radius 1 is 1.10 bits per heavy atom. The third kappa shape index (κ3) is 1.90. The van der Waals surface area contributed by atoms with Crippen LogP contribution in [0.4, 0.5) is 14.5 Å². The highest BCUT2D eigenvalue weighted by molar-refractivity contribution is 7.89. The van der Waals surface area contributed by atoms with Gasteiger partial charge < -0.3 is 5.73 Å². The summed E-state index contributed by atoms with van der Waals surface area (Å²) in [6.07, 6.45) is 3.54. The molecule has 0 heterocycles. The molecule has 1 aromatic carbocycles. The summed E-state index contributed by atoms with van der Waals surface area (Å²) in [5, 5.41) is 0. The van der Waals surface area contributed by atoms with Crippen molar-refractivity contribution >= 4 is 15.7 Å². The number of fused-ring (bicyclic) bond motifs is 5. The molecule has 3 aliphatic rings. The number of hydrogen-bond acceptors (Lipinski definition) is 3. The number of anilines is 1.